The van der Waals surface area contributed by atoms with E-state index in [1.54, 1.807) is 7.11 Å². The zero-order valence-corrected chi connectivity index (χ0v) is 9.86. The summed E-state index contributed by atoms with van der Waals surface area (Å²) in [4.78, 5) is 5.08. The highest BCUT2D eigenvalue weighted by Gasteiger charge is 2.21. The number of benzene rings is 1. The van der Waals surface area contributed by atoms with Crippen molar-refractivity contribution in [1.29, 1.82) is 0 Å². The van der Waals surface area contributed by atoms with Crippen LogP contribution in [0.25, 0.3) is 5.57 Å². The molecule has 1 heterocycles. The van der Waals surface area contributed by atoms with Crippen molar-refractivity contribution in [3.05, 3.63) is 35.8 Å². The first kappa shape index (κ1) is 11.4. The van der Waals surface area contributed by atoms with E-state index < -0.39 is 0 Å². The van der Waals surface area contributed by atoms with Gasteiger partial charge in [0.05, 0.1) is 13.2 Å². The summed E-state index contributed by atoms with van der Waals surface area (Å²) in [6.45, 7) is 2.19. The quantitative estimate of drug-likeness (QED) is 0.594. The van der Waals surface area contributed by atoms with Crippen LogP contribution in [0.2, 0.25) is 0 Å². The van der Waals surface area contributed by atoms with E-state index in [1.165, 1.54) is 16.6 Å². The summed E-state index contributed by atoms with van der Waals surface area (Å²) < 4.78 is 0. The summed E-state index contributed by atoms with van der Waals surface area (Å²) in [5.74, 6) is 2.19. The van der Waals surface area contributed by atoms with Crippen molar-refractivity contribution in [2.24, 2.45) is 0 Å². The van der Waals surface area contributed by atoms with Gasteiger partial charge in [0, 0.05) is 0 Å². The van der Waals surface area contributed by atoms with Crippen LogP contribution >= 0.6 is 0 Å². The zero-order valence-electron chi connectivity index (χ0n) is 9.86. The molecule has 0 fully saturated rings. The Kier molecular flexibility index (Phi) is 3.81. The van der Waals surface area contributed by atoms with Crippen LogP contribution in [0.1, 0.15) is 25.3 Å². The maximum absolute atomic E-state index is 5.08. The Morgan fingerprint density at radius 1 is 1.38 bits per heavy atom. The number of fused-ring (bicyclic) bond motifs is 1. The van der Waals surface area contributed by atoms with Crippen LogP contribution in [-0.4, -0.2) is 20.4 Å². The average Bonchev–Trinajstić information content (AvgIpc) is 2.72. The lowest BCUT2D eigenvalue weighted by Gasteiger charge is -2.19. The van der Waals surface area contributed by atoms with Gasteiger partial charge in [-0.05, 0) is 17.6 Å². The molecule has 0 amide bonds. The summed E-state index contributed by atoms with van der Waals surface area (Å²) in [7, 11) is 3.85. The van der Waals surface area contributed by atoms with Crippen LogP contribution in [-0.2, 0) is 4.84 Å². The first-order chi connectivity index (χ1) is 7.86. The second-order valence-electron chi connectivity index (χ2n) is 4.04. The summed E-state index contributed by atoms with van der Waals surface area (Å²) >= 11 is 0. The Labute approximate surface area is 97.9 Å². The van der Waals surface area contributed by atoms with Crippen molar-refractivity contribution in [1.82, 2.24) is 5.48 Å². The molecule has 0 bridgehead atoms. The molecule has 16 heavy (non-hydrogen) atoms. The van der Waals surface area contributed by atoms with E-state index in [1.807, 2.05) is 0 Å². The third-order valence-corrected chi connectivity index (χ3v) is 2.93. The highest BCUT2D eigenvalue weighted by Crippen LogP contribution is 2.23. The number of hydrogen-bond donors (Lipinski definition) is 1. The molecule has 0 spiro atoms. The van der Waals surface area contributed by atoms with Crippen molar-refractivity contribution in [2.45, 2.75) is 25.8 Å². The number of nitrogens with one attached hydrogen (secondary N) is 1. The minimum atomic E-state index is 0.287. The van der Waals surface area contributed by atoms with Crippen molar-refractivity contribution in [2.75, 3.05) is 7.11 Å². The normalized spacial score (nSPS) is 15.2. The van der Waals surface area contributed by atoms with Crippen LogP contribution in [0.3, 0.4) is 0 Å². The molecular weight excluding hydrogens is 197 g/mol. The molecule has 1 aromatic carbocycles. The Morgan fingerprint density at radius 3 is 2.94 bits per heavy atom. The highest BCUT2D eigenvalue weighted by molar-refractivity contribution is 6.63. The standard InChI is InChI=1S/C13H17BNO/c1-3-6-13(15-16-2)11-9-14-12-8-5-4-7-10(11)12/h4-5,7-9,13,15H,3,6H2,1-2H3. The molecule has 0 aliphatic carbocycles. The van der Waals surface area contributed by atoms with Gasteiger partial charge in [0.2, 0.25) is 0 Å². The lowest BCUT2D eigenvalue weighted by Crippen LogP contribution is -2.29. The highest BCUT2D eigenvalue weighted by atomic mass is 16.6. The molecule has 2 rings (SSSR count). The van der Waals surface area contributed by atoms with Gasteiger partial charge in [0.1, 0.15) is 0 Å². The number of hydrogen-bond acceptors (Lipinski definition) is 2. The first-order valence-corrected chi connectivity index (χ1v) is 5.79. The van der Waals surface area contributed by atoms with E-state index in [2.05, 4.69) is 49.9 Å². The van der Waals surface area contributed by atoms with Gasteiger partial charge in [-0.2, -0.15) is 5.48 Å². The molecule has 0 saturated heterocycles. The fourth-order valence-electron chi connectivity index (χ4n) is 2.19. The van der Waals surface area contributed by atoms with Gasteiger partial charge in [-0.15, -0.1) is 5.98 Å². The Bertz CT molecular complexity index is 383. The van der Waals surface area contributed by atoms with E-state index in [-0.39, 0.29) is 6.04 Å². The minimum Gasteiger partial charge on any atom is -0.305 e. The van der Waals surface area contributed by atoms with E-state index in [9.17, 15) is 0 Å². The second kappa shape index (κ2) is 5.33. The summed E-state index contributed by atoms with van der Waals surface area (Å²) in [5, 5.41) is 0. The smallest absolute Gasteiger partial charge is 0.182 e. The molecule has 1 aliphatic rings. The maximum atomic E-state index is 5.08. The van der Waals surface area contributed by atoms with E-state index in [4.69, 9.17) is 4.84 Å². The lowest BCUT2D eigenvalue weighted by molar-refractivity contribution is 0.0739. The summed E-state index contributed by atoms with van der Waals surface area (Å²) in [6, 6.07) is 8.76. The van der Waals surface area contributed by atoms with Gasteiger partial charge in [-0.25, -0.2) is 0 Å². The first-order valence-electron chi connectivity index (χ1n) is 5.79. The SMILES string of the molecule is CCCC(NOC)C1=C[B]c2ccccc21. The van der Waals surface area contributed by atoms with Crippen LogP contribution in [0.15, 0.2) is 30.2 Å². The fraction of sp³-hybridized carbons (Fsp3) is 0.385. The topological polar surface area (TPSA) is 21.3 Å². The minimum absolute atomic E-state index is 0.287. The molecule has 1 aromatic rings. The summed E-state index contributed by atoms with van der Waals surface area (Å²) in [5.41, 5.74) is 7.04. The Balaban J connectivity index is 2.21. The molecule has 1 N–H and O–H groups in total. The predicted molar refractivity (Wildman–Crippen MR) is 68.6 cm³/mol. The largest absolute Gasteiger partial charge is 0.305 e. The van der Waals surface area contributed by atoms with E-state index in [0.29, 0.717) is 0 Å². The van der Waals surface area contributed by atoms with E-state index >= 15 is 0 Å². The molecule has 0 saturated carbocycles. The van der Waals surface area contributed by atoms with Crippen LogP contribution in [0.4, 0.5) is 0 Å². The van der Waals surface area contributed by atoms with Crippen LogP contribution in [0, 0.1) is 0 Å². The second-order valence-corrected chi connectivity index (χ2v) is 4.04. The van der Waals surface area contributed by atoms with Gasteiger partial charge in [-0.3, -0.25) is 0 Å². The lowest BCUT2D eigenvalue weighted by atomic mass is 9.73. The third kappa shape index (κ3) is 2.20. The van der Waals surface area contributed by atoms with Crippen molar-refractivity contribution in [3.8, 4) is 0 Å². The number of rotatable bonds is 5. The van der Waals surface area contributed by atoms with E-state index in [0.717, 1.165) is 12.8 Å². The molecule has 83 valence electrons. The Hall–Kier alpha value is -1.06. The van der Waals surface area contributed by atoms with Gasteiger partial charge >= 0.3 is 0 Å². The van der Waals surface area contributed by atoms with Crippen molar-refractivity contribution >= 4 is 18.3 Å². The van der Waals surface area contributed by atoms with Gasteiger partial charge in [0.25, 0.3) is 0 Å². The molecule has 2 nitrogen and oxygen atoms in total. The molecule has 0 aromatic heterocycles. The molecular formula is C13H17BNO. The predicted octanol–water partition coefficient (Wildman–Crippen LogP) is 1.69. The average molecular weight is 214 g/mol. The molecule has 1 radical (unpaired) electrons. The van der Waals surface area contributed by atoms with Gasteiger partial charge < -0.3 is 4.84 Å². The monoisotopic (exact) mass is 214 g/mol. The maximum Gasteiger partial charge on any atom is 0.182 e. The molecule has 3 heteroatoms. The molecule has 1 aliphatic heterocycles. The molecule has 1 unspecified atom stereocenters. The van der Waals surface area contributed by atoms with Gasteiger partial charge in [-0.1, -0.05) is 43.1 Å². The zero-order chi connectivity index (χ0) is 11.4. The van der Waals surface area contributed by atoms with Crippen molar-refractivity contribution < 1.29 is 4.84 Å². The van der Waals surface area contributed by atoms with Crippen molar-refractivity contribution in [3.63, 3.8) is 0 Å². The summed E-state index contributed by atoms with van der Waals surface area (Å²) in [6.07, 6.45) is 2.22. The van der Waals surface area contributed by atoms with Gasteiger partial charge in [0.15, 0.2) is 7.28 Å². The third-order valence-electron chi connectivity index (χ3n) is 2.93. The Morgan fingerprint density at radius 2 is 2.19 bits per heavy atom. The molecule has 1 atom stereocenters. The van der Waals surface area contributed by atoms with Crippen LogP contribution < -0.4 is 10.9 Å². The van der Waals surface area contributed by atoms with Crippen LogP contribution in [0.5, 0.6) is 0 Å². The number of hydroxylamine groups is 1. The fourth-order valence-corrected chi connectivity index (χ4v) is 2.19.